The first-order valence-corrected chi connectivity index (χ1v) is 7.26. The highest BCUT2D eigenvalue weighted by Crippen LogP contribution is 2.29. The molecule has 1 saturated heterocycles. The average Bonchev–Trinajstić information content (AvgIpc) is 2.89. The second-order valence-electron chi connectivity index (χ2n) is 5.40. The van der Waals surface area contributed by atoms with Gasteiger partial charge in [-0.25, -0.2) is 13.6 Å². The molecule has 0 saturated carbocycles. The molecule has 7 heteroatoms. The van der Waals surface area contributed by atoms with Gasteiger partial charge in [0.05, 0.1) is 12.1 Å². The Kier molecular flexibility index (Phi) is 5.68. The van der Waals surface area contributed by atoms with Gasteiger partial charge in [-0.15, -0.1) is 0 Å². The van der Waals surface area contributed by atoms with Crippen LogP contribution in [-0.4, -0.2) is 36.4 Å². The summed E-state index contributed by atoms with van der Waals surface area (Å²) in [5.41, 5.74) is 0.491. The third-order valence-corrected chi connectivity index (χ3v) is 3.53. The summed E-state index contributed by atoms with van der Waals surface area (Å²) in [5.74, 6) is -1.85. The number of hydrogen-bond acceptors (Lipinski definition) is 3. The summed E-state index contributed by atoms with van der Waals surface area (Å²) in [5, 5.41) is 14.5. The Hall–Kier alpha value is -1.73. The van der Waals surface area contributed by atoms with E-state index in [2.05, 4.69) is 10.6 Å². The summed E-state index contributed by atoms with van der Waals surface area (Å²) < 4.78 is 31.8. The van der Waals surface area contributed by atoms with Crippen LogP contribution in [0.3, 0.4) is 0 Å². The number of nitrogens with one attached hydrogen (secondary N) is 2. The van der Waals surface area contributed by atoms with Crippen LogP contribution in [0, 0.1) is 11.6 Å². The molecule has 1 aromatic carbocycles. The number of aliphatic hydroxyl groups is 1. The van der Waals surface area contributed by atoms with E-state index in [-0.39, 0.29) is 12.1 Å². The van der Waals surface area contributed by atoms with Crippen molar-refractivity contribution >= 4 is 6.03 Å². The van der Waals surface area contributed by atoms with Crippen LogP contribution in [0.1, 0.15) is 31.4 Å². The van der Waals surface area contributed by atoms with Crippen molar-refractivity contribution in [1.29, 1.82) is 0 Å². The highest BCUT2D eigenvalue weighted by molar-refractivity contribution is 5.74. The number of benzene rings is 1. The van der Waals surface area contributed by atoms with Gasteiger partial charge in [-0.05, 0) is 37.5 Å². The predicted octanol–water partition coefficient (Wildman–Crippen LogP) is 1.86. The lowest BCUT2D eigenvalue weighted by molar-refractivity contribution is 0.0995. The molecule has 1 aliphatic heterocycles. The number of hydrogen-bond donors (Lipinski definition) is 3. The Morgan fingerprint density at radius 2 is 2.23 bits per heavy atom. The van der Waals surface area contributed by atoms with Gasteiger partial charge in [0.25, 0.3) is 0 Å². The van der Waals surface area contributed by atoms with Crippen molar-refractivity contribution in [1.82, 2.24) is 10.6 Å². The maximum absolute atomic E-state index is 13.3. The first-order valence-electron chi connectivity index (χ1n) is 7.26. The zero-order valence-electron chi connectivity index (χ0n) is 12.3. The van der Waals surface area contributed by atoms with Crippen LogP contribution in [0.5, 0.6) is 0 Å². The minimum atomic E-state index is -0.937. The standard InChI is InChI=1S/C15H20F2N2O3/c1-9(20)4-6-18-15(21)19-13-5-7-22-14(13)10-2-3-11(16)12(17)8-10/h2-3,8-9,13-14,20H,4-7H2,1H3,(H2,18,19,21). The first-order chi connectivity index (χ1) is 10.5. The number of carbonyl (C=O) groups is 1. The van der Waals surface area contributed by atoms with Crippen LogP contribution in [-0.2, 0) is 4.74 Å². The second-order valence-corrected chi connectivity index (χ2v) is 5.40. The van der Waals surface area contributed by atoms with Gasteiger partial charge in [-0.1, -0.05) is 6.07 Å². The smallest absolute Gasteiger partial charge is 0.315 e. The number of urea groups is 1. The van der Waals surface area contributed by atoms with E-state index in [0.717, 1.165) is 12.1 Å². The maximum atomic E-state index is 13.3. The van der Waals surface area contributed by atoms with Crippen molar-refractivity contribution < 1.29 is 23.4 Å². The molecule has 3 atom stereocenters. The van der Waals surface area contributed by atoms with Gasteiger partial charge in [-0.2, -0.15) is 0 Å². The third-order valence-electron chi connectivity index (χ3n) is 3.53. The van der Waals surface area contributed by atoms with E-state index in [9.17, 15) is 13.6 Å². The number of amides is 2. The molecule has 0 radical (unpaired) electrons. The monoisotopic (exact) mass is 314 g/mol. The van der Waals surface area contributed by atoms with Crippen LogP contribution < -0.4 is 10.6 Å². The Balaban J connectivity index is 1.92. The summed E-state index contributed by atoms with van der Waals surface area (Å²) in [7, 11) is 0. The molecule has 22 heavy (non-hydrogen) atoms. The van der Waals surface area contributed by atoms with E-state index in [1.54, 1.807) is 6.92 Å². The predicted molar refractivity (Wildman–Crippen MR) is 76.3 cm³/mol. The molecule has 0 aromatic heterocycles. The molecule has 3 unspecified atom stereocenters. The van der Waals surface area contributed by atoms with Crippen molar-refractivity contribution in [2.75, 3.05) is 13.2 Å². The minimum absolute atomic E-state index is 0.309. The minimum Gasteiger partial charge on any atom is -0.393 e. The molecule has 0 spiro atoms. The summed E-state index contributed by atoms with van der Waals surface area (Å²) in [6, 6.07) is 2.91. The molecule has 1 fully saturated rings. The van der Waals surface area contributed by atoms with E-state index >= 15 is 0 Å². The lowest BCUT2D eigenvalue weighted by Gasteiger charge is -2.20. The summed E-state index contributed by atoms with van der Waals surface area (Å²) in [6.07, 6.45) is 0.0666. The average molecular weight is 314 g/mol. The summed E-state index contributed by atoms with van der Waals surface area (Å²) in [6.45, 7) is 2.43. The van der Waals surface area contributed by atoms with E-state index in [1.807, 2.05) is 0 Å². The molecule has 1 heterocycles. The van der Waals surface area contributed by atoms with Crippen LogP contribution in [0.15, 0.2) is 18.2 Å². The fraction of sp³-hybridized carbons (Fsp3) is 0.533. The molecule has 2 rings (SSSR count). The molecule has 0 aliphatic carbocycles. The van der Waals surface area contributed by atoms with Gasteiger partial charge in [0, 0.05) is 13.2 Å². The van der Waals surface area contributed by atoms with Crippen LogP contribution in [0.4, 0.5) is 13.6 Å². The zero-order valence-corrected chi connectivity index (χ0v) is 12.3. The Morgan fingerprint density at radius 3 is 2.91 bits per heavy atom. The molecule has 3 N–H and O–H groups in total. The molecule has 122 valence electrons. The molecule has 5 nitrogen and oxygen atoms in total. The first kappa shape index (κ1) is 16.6. The zero-order chi connectivity index (χ0) is 16.1. The second kappa shape index (κ2) is 7.51. The molecule has 0 bridgehead atoms. The van der Waals surface area contributed by atoms with Gasteiger partial charge < -0.3 is 20.5 Å². The lowest BCUT2D eigenvalue weighted by atomic mass is 10.0. The molecule has 1 aromatic rings. The van der Waals surface area contributed by atoms with Gasteiger partial charge in [0.15, 0.2) is 11.6 Å². The fourth-order valence-corrected chi connectivity index (χ4v) is 2.37. The largest absolute Gasteiger partial charge is 0.393 e. The van der Waals surface area contributed by atoms with Crippen molar-refractivity contribution in [2.45, 2.75) is 38.0 Å². The van der Waals surface area contributed by atoms with Crippen LogP contribution in [0.2, 0.25) is 0 Å². The van der Waals surface area contributed by atoms with Gasteiger partial charge in [-0.3, -0.25) is 0 Å². The Bertz CT molecular complexity index is 526. The quantitative estimate of drug-likeness (QED) is 0.777. The number of aliphatic hydroxyl groups excluding tert-OH is 1. The number of carbonyl (C=O) groups excluding carboxylic acids is 1. The van der Waals surface area contributed by atoms with Gasteiger partial charge in [0.2, 0.25) is 0 Å². The summed E-state index contributed by atoms with van der Waals surface area (Å²) in [4.78, 5) is 11.8. The summed E-state index contributed by atoms with van der Waals surface area (Å²) >= 11 is 0. The maximum Gasteiger partial charge on any atom is 0.315 e. The van der Waals surface area contributed by atoms with Crippen LogP contribution >= 0.6 is 0 Å². The van der Waals surface area contributed by atoms with Gasteiger partial charge in [0.1, 0.15) is 6.10 Å². The molecule has 2 amide bonds. The number of halogens is 2. The molecular weight excluding hydrogens is 294 g/mol. The topological polar surface area (TPSA) is 70.6 Å². The highest BCUT2D eigenvalue weighted by atomic mass is 19.2. The SMILES string of the molecule is CC(O)CCNC(=O)NC1CCOC1c1ccc(F)c(F)c1. The van der Waals surface area contributed by atoms with E-state index < -0.39 is 23.8 Å². The molecular formula is C15H20F2N2O3. The van der Waals surface area contributed by atoms with E-state index in [1.165, 1.54) is 6.07 Å². The molecule has 1 aliphatic rings. The number of rotatable bonds is 5. The number of ether oxygens (including phenoxy) is 1. The highest BCUT2D eigenvalue weighted by Gasteiger charge is 2.31. The van der Waals surface area contributed by atoms with Gasteiger partial charge >= 0.3 is 6.03 Å². The van der Waals surface area contributed by atoms with Crippen molar-refractivity contribution in [3.05, 3.63) is 35.4 Å². The third kappa shape index (κ3) is 4.38. The Labute approximate surface area is 127 Å². The van der Waals surface area contributed by atoms with Crippen LogP contribution in [0.25, 0.3) is 0 Å². The Morgan fingerprint density at radius 1 is 1.45 bits per heavy atom. The van der Waals surface area contributed by atoms with E-state index in [4.69, 9.17) is 9.84 Å². The normalized spacial score (nSPS) is 22.4. The fourth-order valence-electron chi connectivity index (χ4n) is 2.37. The lowest BCUT2D eigenvalue weighted by Crippen LogP contribution is -2.44. The van der Waals surface area contributed by atoms with E-state index in [0.29, 0.717) is 31.6 Å². The van der Waals surface area contributed by atoms with Crippen molar-refractivity contribution in [3.63, 3.8) is 0 Å². The van der Waals surface area contributed by atoms with Crippen molar-refractivity contribution in [2.24, 2.45) is 0 Å². The van der Waals surface area contributed by atoms with Crippen molar-refractivity contribution in [3.8, 4) is 0 Å².